The number of rotatable bonds is 6. The van der Waals surface area contributed by atoms with Gasteiger partial charge in [-0.05, 0) is 59.9 Å². The molecule has 0 bridgehead atoms. The Kier molecular flexibility index (Phi) is 5.71. The van der Waals surface area contributed by atoms with Crippen LogP contribution >= 0.6 is 0 Å². The van der Waals surface area contributed by atoms with Crippen molar-refractivity contribution in [3.63, 3.8) is 0 Å². The standard InChI is InChI=1S/C25H24N2O2/c1-27(24-15-12-20-6-2-3-8-23(20)24)25(28)16-11-19-9-13-22(14-10-19)29-18-21-7-4-5-17-26-21/h2-11,13-14,16-17,24H,12,15,18H2,1H3. The number of benzene rings is 2. The first kappa shape index (κ1) is 18.9. The van der Waals surface area contributed by atoms with Crippen molar-refractivity contribution in [1.82, 2.24) is 9.88 Å². The van der Waals surface area contributed by atoms with E-state index in [9.17, 15) is 4.79 Å². The Hall–Kier alpha value is -3.40. The number of fused-ring (bicyclic) bond motifs is 1. The van der Waals surface area contributed by atoms with Crippen LogP contribution in [0, 0.1) is 0 Å². The topological polar surface area (TPSA) is 42.4 Å². The first-order valence-electron chi connectivity index (χ1n) is 9.86. The van der Waals surface area contributed by atoms with Gasteiger partial charge in [-0.1, -0.05) is 42.5 Å². The van der Waals surface area contributed by atoms with Crippen LogP contribution in [0.3, 0.4) is 0 Å². The Morgan fingerprint density at radius 2 is 1.90 bits per heavy atom. The SMILES string of the molecule is CN(C(=O)C=Cc1ccc(OCc2ccccn2)cc1)C1CCc2ccccc21. The molecule has 29 heavy (non-hydrogen) atoms. The molecule has 4 rings (SSSR count). The maximum atomic E-state index is 12.6. The van der Waals surface area contributed by atoms with Crippen molar-refractivity contribution in [3.05, 3.63) is 101 Å². The van der Waals surface area contributed by atoms with Gasteiger partial charge in [-0.25, -0.2) is 0 Å². The molecular formula is C25H24N2O2. The van der Waals surface area contributed by atoms with Crippen LogP contribution in [-0.4, -0.2) is 22.8 Å². The highest BCUT2D eigenvalue weighted by Gasteiger charge is 2.27. The Labute approximate surface area is 171 Å². The normalized spacial score (nSPS) is 15.3. The zero-order chi connectivity index (χ0) is 20.1. The van der Waals surface area contributed by atoms with Gasteiger partial charge in [0.25, 0.3) is 0 Å². The minimum Gasteiger partial charge on any atom is -0.487 e. The Balaban J connectivity index is 1.34. The van der Waals surface area contributed by atoms with Crippen LogP contribution < -0.4 is 4.74 Å². The number of pyridine rings is 1. The summed E-state index contributed by atoms with van der Waals surface area (Å²) in [7, 11) is 1.88. The maximum Gasteiger partial charge on any atom is 0.246 e. The third-order valence-electron chi connectivity index (χ3n) is 5.33. The summed E-state index contributed by atoms with van der Waals surface area (Å²) in [5.74, 6) is 0.793. The van der Waals surface area contributed by atoms with E-state index in [0.717, 1.165) is 29.8 Å². The first-order chi connectivity index (χ1) is 14.2. The quantitative estimate of drug-likeness (QED) is 0.572. The molecule has 146 valence electrons. The number of hydrogen-bond donors (Lipinski definition) is 0. The van der Waals surface area contributed by atoms with Crippen LogP contribution in [0.4, 0.5) is 0 Å². The van der Waals surface area contributed by atoms with Crippen molar-refractivity contribution in [2.24, 2.45) is 0 Å². The molecule has 0 saturated heterocycles. The summed E-state index contributed by atoms with van der Waals surface area (Å²) in [5, 5.41) is 0. The highest BCUT2D eigenvalue weighted by atomic mass is 16.5. The van der Waals surface area contributed by atoms with E-state index in [1.165, 1.54) is 11.1 Å². The molecular weight excluding hydrogens is 360 g/mol. The van der Waals surface area contributed by atoms with Gasteiger partial charge in [0.2, 0.25) is 5.91 Å². The summed E-state index contributed by atoms with van der Waals surface area (Å²) in [6, 6.07) is 22.0. The number of ether oxygens (including phenoxy) is 1. The Morgan fingerprint density at radius 3 is 2.69 bits per heavy atom. The fourth-order valence-electron chi connectivity index (χ4n) is 3.69. The zero-order valence-electron chi connectivity index (χ0n) is 16.5. The minimum absolute atomic E-state index is 0.0159. The fourth-order valence-corrected chi connectivity index (χ4v) is 3.69. The highest BCUT2D eigenvalue weighted by molar-refractivity contribution is 5.92. The van der Waals surface area contributed by atoms with E-state index in [2.05, 4.69) is 23.2 Å². The van der Waals surface area contributed by atoms with Gasteiger partial charge in [0, 0.05) is 19.3 Å². The molecule has 1 amide bonds. The predicted octanol–water partition coefficient (Wildman–Crippen LogP) is 4.82. The average Bonchev–Trinajstić information content (AvgIpc) is 3.21. The molecule has 1 heterocycles. The van der Waals surface area contributed by atoms with Crippen LogP contribution in [-0.2, 0) is 17.8 Å². The molecule has 0 spiro atoms. The number of carbonyl (C=O) groups excluding carboxylic acids is 1. The summed E-state index contributed by atoms with van der Waals surface area (Å²) in [5.41, 5.74) is 4.47. The lowest BCUT2D eigenvalue weighted by Gasteiger charge is -2.24. The van der Waals surface area contributed by atoms with Crippen LogP contribution in [0.15, 0.2) is 79.0 Å². The first-order valence-corrected chi connectivity index (χ1v) is 9.86. The van der Waals surface area contributed by atoms with E-state index in [1.54, 1.807) is 12.3 Å². The molecule has 0 radical (unpaired) electrons. The molecule has 0 aliphatic heterocycles. The van der Waals surface area contributed by atoms with Crippen molar-refractivity contribution in [3.8, 4) is 5.75 Å². The molecule has 1 atom stereocenters. The second-order valence-corrected chi connectivity index (χ2v) is 7.21. The van der Waals surface area contributed by atoms with Crippen LogP contribution in [0.25, 0.3) is 6.08 Å². The van der Waals surface area contributed by atoms with Gasteiger partial charge in [0.1, 0.15) is 12.4 Å². The van der Waals surface area contributed by atoms with Gasteiger partial charge in [0.05, 0.1) is 11.7 Å². The van der Waals surface area contributed by atoms with Crippen LogP contribution in [0.5, 0.6) is 5.75 Å². The molecule has 0 fully saturated rings. The molecule has 1 aromatic heterocycles. The molecule has 3 aromatic rings. The third kappa shape index (κ3) is 4.54. The average molecular weight is 384 g/mol. The lowest BCUT2D eigenvalue weighted by atomic mass is 10.1. The Morgan fingerprint density at radius 1 is 1.10 bits per heavy atom. The van der Waals surface area contributed by atoms with Crippen molar-refractivity contribution in [2.75, 3.05) is 7.05 Å². The summed E-state index contributed by atoms with van der Waals surface area (Å²) in [4.78, 5) is 18.7. The lowest BCUT2D eigenvalue weighted by molar-refractivity contribution is -0.126. The van der Waals surface area contributed by atoms with Crippen molar-refractivity contribution in [1.29, 1.82) is 0 Å². The van der Waals surface area contributed by atoms with Crippen molar-refractivity contribution in [2.45, 2.75) is 25.5 Å². The zero-order valence-corrected chi connectivity index (χ0v) is 16.5. The van der Waals surface area contributed by atoms with E-state index < -0.39 is 0 Å². The van der Waals surface area contributed by atoms with Gasteiger partial charge in [0.15, 0.2) is 0 Å². The molecule has 1 unspecified atom stereocenters. The van der Waals surface area contributed by atoms with Crippen LogP contribution in [0.2, 0.25) is 0 Å². The monoisotopic (exact) mass is 384 g/mol. The smallest absolute Gasteiger partial charge is 0.246 e. The van der Waals surface area contributed by atoms with Gasteiger partial charge in [-0.3, -0.25) is 9.78 Å². The van der Waals surface area contributed by atoms with Crippen molar-refractivity contribution < 1.29 is 9.53 Å². The van der Waals surface area contributed by atoms with E-state index in [4.69, 9.17) is 4.74 Å². The summed E-state index contributed by atoms with van der Waals surface area (Å²) in [6.07, 6.45) is 7.26. The number of aryl methyl sites for hydroxylation is 1. The van der Waals surface area contributed by atoms with Gasteiger partial charge < -0.3 is 9.64 Å². The second kappa shape index (κ2) is 8.74. The molecule has 2 aromatic carbocycles. The summed E-state index contributed by atoms with van der Waals surface area (Å²) >= 11 is 0. The number of carbonyl (C=O) groups is 1. The van der Waals surface area contributed by atoms with E-state index in [-0.39, 0.29) is 11.9 Å². The predicted molar refractivity (Wildman–Crippen MR) is 114 cm³/mol. The number of aromatic nitrogens is 1. The number of likely N-dealkylation sites (N-methyl/N-ethyl adjacent to an activating group) is 1. The van der Waals surface area contributed by atoms with Gasteiger partial charge >= 0.3 is 0 Å². The molecule has 4 nitrogen and oxygen atoms in total. The number of hydrogen-bond acceptors (Lipinski definition) is 3. The minimum atomic E-state index is 0.0159. The van der Waals surface area contributed by atoms with E-state index in [0.29, 0.717) is 6.61 Å². The van der Waals surface area contributed by atoms with Crippen LogP contribution in [0.1, 0.15) is 34.8 Å². The maximum absolute atomic E-state index is 12.6. The Bertz CT molecular complexity index is 997. The summed E-state index contributed by atoms with van der Waals surface area (Å²) in [6.45, 7) is 0.433. The van der Waals surface area contributed by atoms with Gasteiger partial charge in [-0.2, -0.15) is 0 Å². The third-order valence-corrected chi connectivity index (χ3v) is 5.33. The number of nitrogens with zero attached hydrogens (tertiary/aromatic N) is 2. The molecule has 4 heteroatoms. The summed E-state index contributed by atoms with van der Waals surface area (Å²) < 4.78 is 5.75. The highest BCUT2D eigenvalue weighted by Crippen LogP contribution is 2.34. The van der Waals surface area contributed by atoms with E-state index in [1.807, 2.05) is 66.6 Å². The molecule has 1 aliphatic carbocycles. The fraction of sp³-hybridized carbons (Fsp3) is 0.200. The van der Waals surface area contributed by atoms with Crippen molar-refractivity contribution >= 4 is 12.0 Å². The molecule has 0 N–H and O–H groups in total. The lowest BCUT2D eigenvalue weighted by Crippen LogP contribution is -2.28. The number of amides is 1. The second-order valence-electron chi connectivity index (χ2n) is 7.21. The largest absolute Gasteiger partial charge is 0.487 e. The van der Waals surface area contributed by atoms with E-state index >= 15 is 0 Å². The molecule has 1 aliphatic rings. The molecule has 0 saturated carbocycles. The van der Waals surface area contributed by atoms with Gasteiger partial charge in [-0.15, -0.1) is 0 Å².